The van der Waals surface area contributed by atoms with Gasteiger partial charge in [0.15, 0.2) is 4.34 Å². The molecule has 0 atom stereocenters. The number of benzene rings is 1. The third-order valence-corrected chi connectivity index (χ3v) is 6.29. The summed E-state index contributed by atoms with van der Waals surface area (Å²) >= 11 is 8.63. The van der Waals surface area contributed by atoms with E-state index in [1.54, 1.807) is 26.2 Å². The van der Waals surface area contributed by atoms with Crippen molar-refractivity contribution in [1.82, 2.24) is 15.0 Å². The first-order chi connectivity index (χ1) is 13.3. The number of aromatic nitrogens is 3. The number of hydrogen-bond donors (Lipinski definition) is 2. The van der Waals surface area contributed by atoms with E-state index < -0.39 is 10.7 Å². The number of hydrogen-bond acceptors (Lipinski definition) is 7. The number of carboxylic acids is 1. The Hall–Kier alpha value is -2.16. The average molecular weight is 435 g/mol. The van der Waals surface area contributed by atoms with Crippen molar-refractivity contribution in [3.05, 3.63) is 52.8 Å². The van der Waals surface area contributed by atoms with Crippen molar-refractivity contribution in [2.75, 3.05) is 11.9 Å². The molecule has 9 heteroatoms. The van der Waals surface area contributed by atoms with Gasteiger partial charge in [-0.1, -0.05) is 35.5 Å². The summed E-state index contributed by atoms with van der Waals surface area (Å²) in [6.45, 7) is 4.01. The van der Waals surface area contributed by atoms with Gasteiger partial charge in [-0.3, -0.25) is 9.78 Å². The summed E-state index contributed by atoms with van der Waals surface area (Å²) in [5.41, 5.74) is 2.66. The van der Waals surface area contributed by atoms with Crippen LogP contribution in [0.1, 0.15) is 19.5 Å². The van der Waals surface area contributed by atoms with Gasteiger partial charge in [0.25, 0.3) is 0 Å². The first-order valence-corrected chi connectivity index (χ1v) is 10.6. The molecule has 3 aromatic rings. The summed E-state index contributed by atoms with van der Waals surface area (Å²) in [5.74, 6) is -0.161. The molecule has 0 unspecified atom stereocenters. The minimum Gasteiger partial charge on any atom is -0.480 e. The molecule has 0 saturated carbocycles. The SMILES string of the molecule is CC(C)(Sc1nc(CCNc2cnc(-c3ccc(Cl)cc3)cn2)cs1)C(=O)O. The molecular weight excluding hydrogens is 416 g/mol. The molecule has 0 aliphatic heterocycles. The second kappa shape index (κ2) is 8.89. The van der Waals surface area contributed by atoms with Crippen LogP contribution < -0.4 is 5.32 Å². The second-order valence-electron chi connectivity index (χ2n) is 6.49. The zero-order chi connectivity index (χ0) is 20.1. The normalized spacial score (nSPS) is 11.4. The lowest BCUT2D eigenvalue weighted by Gasteiger charge is -2.15. The predicted octanol–water partition coefficient (Wildman–Crippen LogP) is 4.86. The quantitative estimate of drug-likeness (QED) is 0.489. The van der Waals surface area contributed by atoms with Gasteiger partial charge >= 0.3 is 5.97 Å². The zero-order valence-corrected chi connectivity index (χ0v) is 17.7. The zero-order valence-electron chi connectivity index (χ0n) is 15.3. The van der Waals surface area contributed by atoms with Gasteiger partial charge in [-0.25, -0.2) is 9.97 Å². The number of carboxylic acid groups (broad SMARTS) is 1. The third-order valence-electron chi connectivity index (χ3n) is 3.87. The highest BCUT2D eigenvalue weighted by atomic mass is 35.5. The van der Waals surface area contributed by atoms with E-state index in [1.165, 1.54) is 23.1 Å². The molecule has 6 nitrogen and oxygen atoms in total. The number of nitrogens with one attached hydrogen (secondary N) is 1. The minimum atomic E-state index is -0.894. The van der Waals surface area contributed by atoms with Crippen LogP contribution in [-0.2, 0) is 11.2 Å². The van der Waals surface area contributed by atoms with E-state index in [0.717, 1.165) is 21.3 Å². The van der Waals surface area contributed by atoms with Crippen LogP contribution in [0.5, 0.6) is 0 Å². The molecule has 28 heavy (non-hydrogen) atoms. The van der Waals surface area contributed by atoms with Crippen LogP contribution >= 0.6 is 34.7 Å². The first-order valence-electron chi connectivity index (χ1n) is 8.52. The van der Waals surface area contributed by atoms with Crippen molar-refractivity contribution in [3.8, 4) is 11.3 Å². The van der Waals surface area contributed by atoms with Gasteiger partial charge in [0, 0.05) is 28.9 Å². The van der Waals surface area contributed by atoms with E-state index in [2.05, 4.69) is 20.3 Å². The summed E-state index contributed by atoms with van der Waals surface area (Å²) in [7, 11) is 0. The summed E-state index contributed by atoms with van der Waals surface area (Å²) in [4.78, 5) is 24.5. The molecule has 0 fully saturated rings. The molecule has 0 radical (unpaired) electrons. The van der Waals surface area contributed by atoms with Gasteiger partial charge in [-0.2, -0.15) is 0 Å². The smallest absolute Gasteiger partial charge is 0.319 e. The van der Waals surface area contributed by atoms with Crippen molar-refractivity contribution in [3.63, 3.8) is 0 Å². The Morgan fingerprint density at radius 1 is 1.25 bits per heavy atom. The fraction of sp³-hybridized carbons (Fsp3) is 0.263. The lowest BCUT2D eigenvalue weighted by molar-refractivity contribution is -0.138. The number of nitrogens with zero attached hydrogens (tertiary/aromatic N) is 3. The lowest BCUT2D eigenvalue weighted by Crippen LogP contribution is -2.26. The van der Waals surface area contributed by atoms with Crippen molar-refractivity contribution in [2.24, 2.45) is 0 Å². The maximum absolute atomic E-state index is 11.2. The number of thioether (sulfide) groups is 1. The van der Waals surface area contributed by atoms with E-state index in [-0.39, 0.29) is 0 Å². The highest BCUT2D eigenvalue weighted by Gasteiger charge is 2.29. The van der Waals surface area contributed by atoms with Crippen molar-refractivity contribution < 1.29 is 9.90 Å². The molecule has 146 valence electrons. The first kappa shape index (κ1) is 20.6. The monoisotopic (exact) mass is 434 g/mol. The number of anilines is 1. The van der Waals surface area contributed by atoms with Gasteiger partial charge in [0.2, 0.25) is 0 Å². The largest absolute Gasteiger partial charge is 0.480 e. The van der Waals surface area contributed by atoms with E-state index in [9.17, 15) is 9.90 Å². The van der Waals surface area contributed by atoms with Gasteiger partial charge in [-0.05, 0) is 26.0 Å². The second-order valence-corrected chi connectivity index (χ2v) is 9.66. The molecule has 0 aliphatic rings. The van der Waals surface area contributed by atoms with E-state index in [1.807, 2.05) is 29.6 Å². The molecular formula is C19H19ClN4O2S2. The van der Waals surface area contributed by atoms with Crippen LogP contribution in [0, 0.1) is 0 Å². The number of halogens is 1. The summed E-state index contributed by atoms with van der Waals surface area (Å²) < 4.78 is -0.135. The molecule has 0 spiro atoms. The number of aliphatic carboxylic acids is 1. The van der Waals surface area contributed by atoms with E-state index in [0.29, 0.717) is 23.8 Å². The highest BCUT2D eigenvalue weighted by Crippen LogP contribution is 2.34. The van der Waals surface area contributed by atoms with E-state index in [4.69, 9.17) is 11.6 Å². The Morgan fingerprint density at radius 3 is 2.64 bits per heavy atom. The predicted molar refractivity (Wildman–Crippen MR) is 114 cm³/mol. The lowest BCUT2D eigenvalue weighted by atomic mass is 10.2. The fourth-order valence-electron chi connectivity index (χ4n) is 2.22. The Labute approximate surface area is 176 Å². The Kier molecular flexibility index (Phi) is 6.53. The molecule has 3 rings (SSSR count). The minimum absolute atomic E-state index is 0.658. The molecule has 0 bridgehead atoms. The molecule has 0 saturated heterocycles. The van der Waals surface area contributed by atoms with Crippen LogP contribution in [0.25, 0.3) is 11.3 Å². The number of carbonyl (C=O) groups is 1. The van der Waals surface area contributed by atoms with Gasteiger partial charge in [-0.15, -0.1) is 11.3 Å². The summed E-state index contributed by atoms with van der Waals surface area (Å²) in [5, 5.41) is 15.1. The Bertz CT molecular complexity index is 943. The topological polar surface area (TPSA) is 88.0 Å². The fourth-order valence-corrected chi connectivity index (χ4v) is 4.57. The van der Waals surface area contributed by atoms with Gasteiger partial charge in [0.1, 0.15) is 10.6 Å². The molecule has 0 amide bonds. The molecule has 0 aliphatic carbocycles. The van der Waals surface area contributed by atoms with Crippen molar-refractivity contribution in [2.45, 2.75) is 29.4 Å². The maximum atomic E-state index is 11.2. The molecule has 2 heterocycles. The van der Waals surface area contributed by atoms with Gasteiger partial charge in [0.05, 0.1) is 23.8 Å². The summed E-state index contributed by atoms with van der Waals surface area (Å²) in [6, 6.07) is 7.46. The molecule has 2 N–H and O–H groups in total. The van der Waals surface area contributed by atoms with Crippen LogP contribution in [0.4, 0.5) is 5.82 Å². The third kappa shape index (κ3) is 5.43. The standard InChI is InChI=1S/C19H19ClN4O2S2/c1-19(2,17(25)26)28-18-24-14(11-27-18)7-8-21-16-10-22-15(9-23-16)12-3-5-13(20)6-4-12/h3-6,9-11H,7-8H2,1-2H3,(H,21,23)(H,25,26). The van der Waals surface area contributed by atoms with Crippen LogP contribution in [0.2, 0.25) is 5.02 Å². The van der Waals surface area contributed by atoms with Gasteiger partial charge < -0.3 is 10.4 Å². The molecule has 1 aromatic carbocycles. The van der Waals surface area contributed by atoms with Crippen LogP contribution in [-0.4, -0.2) is 37.3 Å². The number of rotatable bonds is 8. The average Bonchev–Trinajstić information content (AvgIpc) is 3.09. The molecule has 2 aromatic heterocycles. The maximum Gasteiger partial charge on any atom is 0.319 e. The summed E-state index contributed by atoms with van der Waals surface area (Å²) in [6.07, 6.45) is 4.13. The van der Waals surface area contributed by atoms with Crippen molar-refractivity contribution >= 4 is 46.5 Å². The Balaban J connectivity index is 1.51. The van der Waals surface area contributed by atoms with Crippen molar-refractivity contribution in [1.29, 1.82) is 0 Å². The van der Waals surface area contributed by atoms with Crippen LogP contribution in [0.15, 0.2) is 46.4 Å². The van der Waals surface area contributed by atoms with Crippen LogP contribution in [0.3, 0.4) is 0 Å². The highest BCUT2D eigenvalue weighted by molar-refractivity contribution is 8.02. The Morgan fingerprint density at radius 2 is 2.00 bits per heavy atom. The number of thiazole rings is 1. The van der Waals surface area contributed by atoms with E-state index >= 15 is 0 Å².